The van der Waals surface area contributed by atoms with Gasteiger partial charge in [0.15, 0.2) is 0 Å². The van der Waals surface area contributed by atoms with E-state index in [1.54, 1.807) is 0 Å². The van der Waals surface area contributed by atoms with Gasteiger partial charge in [-0.15, -0.1) is 0 Å². The highest BCUT2D eigenvalue weighted by atomic mass is 16.3. The summed E-state index contributed by atoms with van der Waals surface area (Å²) in [4.78, 5) is 4.97. The van der Waals surface area contributed by atoms with Gasteiger partial charge in [0, 0.05) is 50.5 Å². The molecular formula is C54H35BN2O. The van der Waals surface area contributed by atoms with Gasteiger partial charge in [0.2, 0.25) is 0 Å². The van der Waals surface area contributed by atoms with E-state index >= 15 is 0 Å². The van der Waals surface area contributed by atoms with Gasteiger partial charge in [0.1, 0.15) is 11.2 Å². The summed E-state index contributed by atoms with van der Waals surface area (Å²) in [5, 5.41) is 2.27. The van der Waals surface area contributed by atoms with Crippen molar-refractivity contribution >= 4 is 79.2 Å². The van der Waals surface area contributed by atoms with Gasteiger partial charge in [-0.3, -0.25) is 0 Å². The second-order valence-electron chi connectivity index (χ2n) is 15.3. The van der Waals surface area contributed by atoms with Crippen LogP contribution in [0, 0.1) is 0 Å². The molecule has 2 aliphatic rings. The van der Waals surface area contributed by atoms with Gasteiger partial charge in [-0.2, -0.15) is 0 Å². The molecule has 0 amide bonds. The smallest absolute Gasteiger partial charge is 0.252 e. The molecule has 0 aliphatic carbocycles. The Bertz CT molecular complexity index is 3160. The molecule has 0 bridgehead atoms. The first-order valence-corrected chi connectivity index (χ1v) is 20.0. The minimum Gasteiger partial charge on any atom is -0.455 e. The normalized spacial score (nSPS) is 12.7. The molecule has 58 heavy (non-hydrogen) atoms. The summed E-state index contributed by atoms with van der Waals surface area (Å²) in [6, 6.07) is 77.1. The van der Waals surface area contributed by atoms with Crippen LogP contribution in [0.25, 0.3) is 55.3 Å². The van der Waals surface area contributed by atoms with E-state index in [1.807, 2.05) is 6.07 Å². The maximum atomic E-state index is 6.63. The fourth-order valence-corrected chi connectivity index (χ4v) is 9.47. The van der Waals surface area contributed by atoms with Crippen molar-refractivity contribution in [1.82, 2.24) is 0 Å². The molecule has 0 unspecified atom stereocenters. The van der Waals surface area contributed by atoms with E-state index < -0.39 is 0 Å². The largest absolute Gasteiger partial charge is 0.455 e. The number of benzene rings is 9. The van der Waals surface area contributed by atoms with Crippen molar-refractivity contribution in [3.63, 3.8) is 0 Å². The lowest BCUT2D eigenvalue weighted by Crippen LogP contribution is -2.61. The van der Waals surface area contributed by atoms with Crippen molar-refractivity contribution in [2.24, 2.45) is 0 Å². The van der Waals surface area contributed by atoms with Crippen LogP contribution in [0.3, 0.4) is 0 Å². The predicted octanol–water partition coefficient (Wildman–Crippen LogP) is 12.7. The Morgan fingerprint density at radius 1 is 0.345 bits per heavy atom. The first kappa shape index (κ1) is 32.7. The van der Waals surface area contributed by atoms with Crippen molar-refractivity contribution in [2.45, 2.75) is 0 Å². The fraction of sp³-hybridized carbons (Fsp3) is 0. The number of rotatable bonds is 5. The van der Waals surface area contributed by atoms with Crippen molar-refractivity contribution in [2.75, 3.05) is 9.80 Å². The molecule has 2 aliphatic heterocycles. The third-order valence-electron chi connectivity index (χ3n) is 12.0. The second-order valence-corrected chi connectivity index (χ2v) is 15.3. The SMILES string of the molecule is c1ccc(-c2ccc3c(c2)B2c4cc(-c5cccc6c5oc5ccccc56)ccc4N(c4ccccc4)c4cc(-c5ccccc5)cc(c42)N3c2ccccc2)cc1. The van der Waals surface area contributed by atoms with Crippen molar-refractivity contribution < 1.29 is 4.42 Å². The number of fused-ring (bicyclic) bond motifs is 7. The van der Waals surface area contributed by atoms with Gasteiger partial charge >= 0.3 is 0 Å². The average Bonchev–Trinajstić information content (AvgIpc) is 3.69. The highest BCUT2D eigenvalue weighted by molar-refractivity contribution is 7.00. The van der Waals surface area contributed by atoms with Gasteiger partial charge in [0.25, 0.3) is 6.71 Å². The molecular weight excluding hydrogens is 703 g/mol. The highest BCUT2D eigenvalue weighted by Crippen LogP contribution is 2.47. The first-order chi connectivity index (χ1) is 28.8. The summed E-state index contributed by atoms with van der Waals surface area (Å²) in [5.74, 6) is 0. The Kier molecular flexibility index (Phi) is 7.33. The van der Waals surface area contributed by atoms with Gasteiger partial charge in [-0.25, -0.2) is 0 Å². The van der Waals surface area contributed by atoms with Crippen LogP contribution >= 0.6 is 0 Å². The molecule has 3 heterocycles. The Morgan fingerprint density at radius 3 is 1.47 bits per heavy atom. The summed E-state index contributed by atoms with van der Waals surface area (Å²) in [7, 11) is 0. The second kappa shape index (κ2) is 13.0. The third-order valence-corrected chi connectivity index (χ3v) is 12.0. The lowest BCUT2D eigenvalue weighted by Gasteiger charge is -2.44. The Hall–Kier alpha value is -7.56. The van der Waals surface area contributed by atoms with E-state index in [2.05, 4.69) is 216 Å². The van der Waals surface area contributed by atoms with E-state index in [0.29, 0.717) is 0 Å². The topological polar surface area (TPSA) is 19.6 Å². The zero-order valence-corrected chi connectivity index (χ0v) is 31.6. The lowest BCUT2D eigenvalue weighted by atomic mass is 9.33. The molecule has 4 heteroatoms. The molecule has 1 aromatic heterocycles. The number of nitrogens with zero attached hydrogens (tertiary/aromatic N) is 2. The minimum atomic E-state index is -0.0572. The van der Waals surface area contributed by atoms with Crippen LogP contribution in [0.1, 0.15) is 0 Å². The van der Waals surface area contributed by atoms with Crippen LogP contribution in [-0.4, -0.2) is 6.71 Å². The Labute approximate surface area is 337 Å². The monoisotopic (exact) mass is 738 g/mol. The molecule has 0 saturated heterocycles. The molecule has 10 aromatic rings. The molecule has 9 aromatic carbocycles. The van der Waals surface area contributed by atoms with Crippen molar-refractivity contribution in [1.29, 1.82) is 0 Å². The number of hydrogen-bond donors (Lipinski definition) is 0. The van der Waals surface area contributed by atoms with Gasteiger partial charge < -0.3 is 14.2 Å². The van der Waals surface area contributed by atoms with Gasteiger partial charge in [0.05, 0.1) is 0 Å². The fourth-order valence-electron chi connectivity index (χ4n) is 9.47. The number of hydrogen-bond acceptors (Lipinski definition) is 3. The van der Waals surface area contributed by atoms with E-state index in [9.17, 15) is 0 Å². The summed E-state index contributed by atoms with van der Waals surface area (Å²) >= 11 is 0. The standard InChI is InChI=1S/C54H35BN2O/c1-5-16-36(17-6-1)38-28-30-48-46(32-38)55-47-33-39(43-25-15-26-45-44-24-13-14-27-52(44)58-54(43)45)29-31-49(47)57(42-22-11-4-12-23-42)51-35-40(37-18-7-2-8-19-37)34-50(53(51)55)56(48)41-20-9-3-10-21-41/h1-35H. The summed E-state index contributed by atoms with van der Waals surface area (Å²) in [5.41, 5.74) is 19.6. The Morgan fingerprint density at radius 2 is 0.845 bits per heavy atom. The minimum absolute atomic E-state index is 0.0572. The van der Waals surface area contributed by atoms with Crippen LogP contribution < -0.4 is 26.2 Å². The van der Waals surface area contributed by atoms with Crippen LogP contribution in [0.5, 0.6) is 0 Å². The highest BCUT2D eigenvalue weighted by Gasteiger charge is 2.44. The van der Waals surface area contributed by atoms with Gasteiger partial charge in [-0.05, 0) is 98.8 Å². The Balaban J connectivity index is 1.19. The number of para-hydroxylation sites is 4. The summed E-state index contributed by atoms with van der Waals surface area (Å²) < 4.78 is 6.63. The summed E-state index contributed by atoms with van der Waals surface area (Å²) in [6.45, 7) is -0.0572. The maximum Gasteiger partial charge on any atom is 0.252 e. The van der Waals surface area contributed by atoms with Crippen molar-refractivity contribution in [3.8, 4) is 33.4 Å². The number of furan rings is 1. The van der Waals surface area contributed by atoms with Crippen LogP contribution in [0.15, 0.2) is 217 Å². The quantitative estimate of drug-likeness (QED) is 0.164. The molecule has 0 N–H and O–H groups in total. The van der Waals surface area contributed by atoms with Crippen LogP contribution in [0.4, 0.5) is 34.1 Å². The third kappa shape index (κ3) is 5.02. The van der Waals surface area contributed by atoms with Crippen LogP contribution in [0.2, 0.25) is 0 Å². The molecule has 3 nitrogen and oxygen atoms in total. The van der Waals surface area contributed by atoms with Gasteiger partial charge in [-0.1, -0.05) is 158 Å². The van der Waals surface area contributed by atoms with Crippen LogP contribution in [-0.2, 0) is 0 Å². The lowest BCUT2D eigenvalue weighted by molar-refractivity contribution is 0.670. The molecule has 0 saturated carbocycles. The molecule has 0 radical (unpaired) electrons. The zero-order valence-electron chi connectivity index (χ0n) is 31.6. The molecule has 0 fully saturated rings. The van der Waals surface area contributed by atoms with E-state index in [1.165, 1.54) is 61.4 Å². The zero-order chi connectivity index (χ0) is 38.2. The molecule has 0 atom stereocenters. The first-order valence-electron chi connectivity index (χ1n) is 20.0. The van der Waals surface area contributed by atoms with E-state index in [-0.39, 0.29) is 6.71 Å². The van der Waals surface area contributed by atoms with E-state index in [0.717, 1.165) is 44.4 Å². The molecule has 270 valence electrons. The molecule has 12 rings (SSSR count). The van der Waals surface area contributed by atoms with Crippen molar-refractivity contribution in [3.05, 3.63) is 212 Å². The maximum absolute atomic E-state index is 6.63. The average molecular weight is 739 g/mol. The summed E-state index contributed by atoms with van der Waals surface area (Å²) in [6.07, 6.45) is 0. The molecule has 0 spiro atoms. The number of anilines is 6. The van der Waals surface area contributed by atoms with E-state index in [4.69, 9.17) is 4.42 Å². The predicted molar refractivity (Wildman–Crippen MR) is 244 cm³/mol.